The summed E-state index contributed by atoms with van der Waals surface area (Å²) in [6, 6.07) is 7.58. The standard InChI is InChI=1S/C18H21N3O/c22-17-4-2-1-3-15(17)11-21-8-7-14-10-19-18(9-13-5-6-13)20-16(14)12-21/h1-4,10,13,22H,5-9,11-12H2. The van der Waals surface area contributed by atoms with Gasteiger partial charge in [0.05, 0.1) is 5.69 Å². The summed E-state index contributed by atoms with van der Waals surface area (Å²) in [5.41, 5.74) is 3.44. The van der Waals surface area contributed by atoms with Crippen molar-refractivity contribution in [2.75, 3.05) is 6.54 Å². The molecule has 1 saturated carbocycles. The molecule has 1 N–H and O–H groups in total. The van der Waals surface area contributed by atoms with Crippen LogP contribution in [0.15, 0.2) is 30.5 Å². The molecule has 0 amide bonds. The molecule has 0 bridgehead atoms. The topological polar surface area (TPSA) is 49.2 Å². The lowest BCUT2D eigenvalue weighted by atomic mass is 10.1. The van der Waals surface area contributed by atoms with Crippen LogP contribution in [0.5, 0.6) is 5.75 Å². The Morgan fingerprint density at radius 1 is 1.23 bits per heavy atom. The summed E-state index contributed by atoms with van der Waals surface area (Å²) >= 11 is 0. The van der Waals surface area contributed by atoms with E-state index >= 15 is 0 Å². The fourth-order valence-corrected chi connectivity index (χ4v) is 3.10. The number of hydrogen-bond acceptors (Lipinski definition) is 4. The zero-order valence-electron chi connectivity index (χ0n) is 12.7. The van der Waals surface area contributed by atoms with Gasteiger partial charge in [-0.2, -0.15) is 0 Å². The molecule has 0 spiro atoms. The van der Waals surface area contributed by atoms with E-state index in [1.54, 1.807) is 6.07 Å². The Kier molecular flexibility index (Phi) is 3.54. The molecule has 4 heteroatoms. The Balaban J connectivity index is 1.49. The predicted octanol–water partition coefficient (Wildman–Crippen LogP) is 2.69. The number of rotatable bonds is 4. The van der Waals surface area contributed by atoms with Crippen molar-refractivity contribution in [3.8, 4) is 5.75 Å². The highest BCUT2D eigenvalue weighted by molar-refractivity contribution is 5.32. The third-order valence-electron chi connectivity index (χ3n) is 4.63. The van der Waals surface area contributed by atoms with Crippen molar-refractivity contribution in [1.29, 1.82) is 0 Å². The quantitative estimate of drug-likeness (QED) is 0.942. The van der Waals surface area contributed by atoms with Crippen molar-refractivity contribution >= 4 is 0 Å². The maximum Gasteiger partial charge on any atom is 0.128 e. The highest BCUT2D eigenvalue weighted by Gasteiger charge is 2.24. The molecule has 1 aliphatic heterocycles. The summed E-state index contributed by atoms with van der Waals surface area (Å²) in [6.45, 7) is 2.62. The van der Waals surface area contributed by atoms with Crippen LogP contribution in [0.3, 0.4) is 0 Å². The van der Waals surface area contributed by atoms with Crippen molar-refractivity contribution in [2.45, 2.75) is 38.8 Å². The number of para-hydroxylation sites is 1. The second-order valence-electron chi connectivity index (χ2n) is 6.50. The lowest BCUT2D eigenvalue weighted by Gasteiger charge is -2.28. The molecule has 114 valence electrons. The molecule has 22 heavy (non-hydrogen) atoms. The Labute approximate surface area is 130 Å². The van der Waals surface area contributed by atoms with Crippen LogP contribution in [0.1, 0.15) is 35.5 Å². The molecule has 0 radical (unpaired) electrons. The van der Waals surface area contributed by atoms with Gasteiger partial charge in [-0.1, -0.05) is 18.2 Å². The molecule has 1 aromatic carbocycles. The lowest BCUT2D eigenvalue weighted by Crippen LogP contribution is -2.31. The summed E-state index contributed by atoms with van der Waals surface area (Å²) in [7, 11) is 0. The smallest absolute Gasteiger partial charge is 0.128 e. The van der Waals surface area contributed by atoms with E-state index in [0.29, 0.717) is 5.75 Å². The SMILES string of the molecule is Oc1ccccc1CN1CCc2cnc(CC3CC3)nc2C1. The van der Waals surface area contributed by atoms with Crippen molar-refractivity contribution < 1.29 is 5.11 Å². The van der Waals surface area contributed by atoms with Crippen molar-refractivity contribution in [2.24, 2.45) is 5.92 Å². The summed E-state index contributed by atoms with van der Waals surface area (Å²) in [6.07, 6.45) is 6.72. The fraction of sp³-hybridized carbons (Fsp3) is 0.444. The number of phenolic OH excluding ortho intramolecular Hbond substituents is 1. The molecule has 2 heterocycles. The largest absolute Gasteiger partial charge is 0.508 e. The second kappa shape index (κ2) is 5.69. The van der Waals surface area contributed by atoms with Crippen molar-refractivity contribution in [1.82, 2.24) is 14.9 Å². The summed E-state index contributed by atoms with van der Waals surface area (Å²) < 4.78 is 0. The molecule has 4 rings (SSSR count). The van der Waals surface area contributed by atoms with E-state index in [0.717, 1.165) is 49.8 Å². The molecule has 0 saturated heterocycles. The van der Waals surface area contributed by atoms with Gasteiger partial charge in [-0.25, -0.2) is 9.97 Å². The first-order valence-electron chi connectivity index (χ1n) is 8.11. The van der Waals surface area contributed by atoms with Crippen LogP contribution in [-0.2, 0) is 25.9 Å². The number of aromatic hydroxyl groups is 1. The third-order valence-corrected chi connectivity index (χ3v) is 4.63. The van der Waals surface area contributed by atoms with E-state index < -0.39 is 0 Å². The minimum absolute atomic E-state index is 0.380. The first-order chi connectivity index (χ1) is 10.8. The molecular formula is C18H21N3O. The Morgan fingerprint density at radius 3 is 2.91 bits per heavy atom. The molecular weight excluding hydrogens is 274 g/mol. The Bertz CT molecular complexity index is 682. The fourth-order valence-electron chi connectivity index (χ4n) is 3.10. The highest BCUT2D eigenvalue weighted by Crippen LogP contribution is 2.32. The van der Waals surface area contributed by atoms with Gasteiger partial charge < -0.3 is 5.11 Å². The molecule has 2 aliphatic rings. The van der Waals surface area contributed by atoms with E-state index in [1.165, 1.54) is 24.1 Å². The van der Waals surface area contributed by atoms with E-state index in [2.05, 4.69) is 9.88 Å². The molecule has 0 unspecified atom stereocenters. The molecule has 1 aliphatic carbocycles. The van der Waals surface area contributed by atoms with Gasteiger partial charge in [0, 0.05) is 37.8 Å². The van der Waals surface area contributed by atoms with Gasteiger partial charge in [0.1, 0.15) is 11.6 Å². The minimum Gasteiger partial charge on any atom is -0.508 e. The van der Waals surface area contributed by atoms with Crippen LogP contribution >= 0.6 is 0 Å². The predicted molar refractivity (Wildman–Crippen MR) is 84.4 cm³/mol. The van der Waals surface area contributed by atoms with Gasteiger partial charge in [0.15, 0.2) is 0 Å². The molecule has 1 aromatic heterocycles. The van der Waals surface area contributed by atoms with Crippen molar-refractivity contribution in [3.63, 3.8) is 0 Å². The number of aromatic nitrogens is 2. The van der Waals surface area contributed by atoms with Crippen molar-refractivity contribution in [3.05, 3.63) is 53.1 Å². The van der Waals surface area contributed by atoms with Gasteiger partial charge in [-0.3, -0.25) is 4.90 Å². The Hall–Kier alpha value is -1.94. The maximum atomic E-state index is 9.93. The van der Waals surface area contributed by atoms with Crippen LogP contribution in [0, 0.1) is 5.92 Å². The van der Waals surface area contributed by atoms with Crippen LogP contribution in [-0.4, -0.2) is 26.5 Å². The minimum atomic E-state index is 0.380. The Morgan fingerprint density at radius 2 is 2.09 bits per heavy atom. The number of hydrogen-bond donors (Lipinski definition) is 1. The highest BCUT2D eigenvalue weighted by atomic mass is 16.3. The van der Waals surface area contributed by atoms with Gasteiger partial charge in [-0.05, 0) is 36.8 Å². The van der Waals surface area contributed by atoms with Crippen LogP contribution in [0.2, 0.25) is 0 Å². The maximum absolute atomic E-state index is 9.93. The molecule has 1 fully saturated rings. The number of nitrogens with zero attached hydrogens (tertiary/aromatic N) is 3. The zero-order chi connectivity index (χ0) is 14.9. The van der Waals surface area contributed by atoms with Gasteiger partial charge in [0.2, 0.25) is 0 Å². The van der Waals surface area contributed by atoms with Crippen LogP contribution < -0.4 is 0 Å². The lowest BCUT2D eigenvalue weighted by molar-refractivity contribution is 0.237. The van der Waals surface area contributed by atoms with E-state index in [-0.39, 0.29) is 0 Å². The van der Waals surface area contributed by atoms with E-state index in [1.807, 2.05) is 24.4 Å². The second-order valence-corrected chi connectivity index (χ2v) is 6.50. The van der Waals surface area contributed by atoms with E-state index in [4.69, 9.17) is 4.98 Å². The van der Waals surface area contributed by atoms with Gasteiger partial charge in [-0.15, -0.1) is 0 Å². The van der Waals surface area contributed by atoms with Crippen LogP contribution in [0.4, 0.5) is 0 Å². The first-order valence-corrected chi connectivity index (χ1v) is 8.11. The summed E-state index contributed by atoms with van der Waals surface area (Å²) in [4.78, 5) is 11.7. The molecule has 4 nitrogen and oxygen atoms in total. The average Bonchev–Trinajstić information content (AvgIpc) is 3.33. The monoisotopic (exact) mass is 295 g/mol. The number of phenols is 1. The summed E-state index contributed by atoms with van der Waals surface area (Å²) in [5, 5.41) is 9.93. The summed E-state index contributed by atoms with van der Waals surface area (Å²) in [5.74, 6) is 2.20. The normalized spacial score (nSPS) is 18.2. The van der Waals surface area contributed by atoms with Crippen LogP contribution in [0.25, 0.3) is 0 Å². The average molecular weight is 295 g/mol. The third kappa shape index (κ3) is 2.97. The number of benzene rings is 1. The zero-order valence-corrected chi connectivity index (χ0v) is 12.7. The molecule has 2 aromatic rings. The number of fused-ring (bicyclic) bond motifs is 1. The van der Waals surface area contributed by atoms with Gasteiger partial charge in [0.25, 0.3) is 0 Å². The molecule has 0 atom stereocenters. The first kappa shape index (κ1) is 13.7. The van der Waals surface area contributed by atoms with Gasteiger partial charge >= 0.3 is 0 Å². The van der Waals surface area contributed by atoms with E-state index in [9.17, 15) is 5.11 Å².